The van der Waals surface area contributed by atoms with E-state index in [1.165, 1.54) is 11.1 Å². The number of aliphatic imine (C=N–C) groups is 1. The SMILES string of the molecule is CN=C(NCc1ccc(C(N)=O)o1)N1CCOC(c2ccccc2C)C1. The Morgan fingerprint density at radius 3 is 2.85 bits per heavy atom. The highest BCUT2D eigenvalue weighted by atomic mass is 16.5. The Bertz CT molecular complexity index is 800. The molecule has 0 radical (unpaired) electrons. The van der Waals surface area contributed by atoms with E-state index in [1.807, 2.05) is 12.1 Å². The van der Waals surface area contributed by atoms with Crippen LogP contribution in [-0.2, 0) is 11.3 Å². The van der Waals surface area contributed by atoms with Gasteiger partial charge in [-0.15, -0.1) is 0 Å². The number of carbonyl (C=O) groups is 1. The highest BCUT2D eigenvalue weighted by Gasteiger charge is 2.25. The maximum atomic E-state index is 11.1. The van der Waals surface area contributed by atoms with Gasteiger partial charge >= 0.3 is 0 Å². The van der Waals surface area contributed by atoms with Crippen molar-refractivity contribution in [2.45, 2.75) is 19.6 Å². The molecule has 0 spiro atoms. The fraction of sp³-hybridized carbons (Fsp3) is 0.368. The van der Waals surface area contributed by atoms with E-state index in [0.717, 1.165) is 19.0 Å². The summed E-state index contributed by atoms with van der Waals surface area (Å²) in [4.78, 5) is 17.6. The molecule has 2 heterocycles. The van der Waals surface area contributed by atoms with E-state index in [0.29, 0.717) is 18.9 Å². The number of morpholine rings is 1. The average molecular weight is 356 g/mol. The molecule has 1 aromatic heterocycles. The van der Waals surface area contributed by atoms with Gasteiger partial charge in [0.1, 0.15) is 11.9 Å². The lowest BCUT2D eigenvalue weighted by molar-refractivity contribution is -0.00836. The lowest BCUT2D eigenvalue weighted by Crippen LogP contribution is -2.48. The summed E-state index contributed by atoms with van der Waals surface area (Å²) in [5.41, 5.74) is 7.63. The Morgan fingerprint density at radius 1 is 1.35 bits per heavy atom. The fourth-order valence-electron chi connectivity index (χ4n) is 3.08. The van der Waals surface area contributed by atoms with Gasteiger partial charge in [-0.25, -0.2) is 0 Å². The zero-order valence-electron chi connectivity index (χ0n) is 15.1. The molecular formula is C19H24N4O3. The van der Waals surface area contributed by atoms with Crippen molar-refractivity contribution in [2.75, 3.05) is 26.7 Å². The second kappa shape index (κ2) is 8.05. The molecular weight excluding hydrogens is 332 g/mol. The van der Waals surface area contributed by atoms with Crippen molar-refractivity contribution in [2.24, 2.45) is 10.7 Å². The number of nitrogens with two attached hydrogens (primary N) is 1. The molecule has 1 amide bonds. The lowest BCUT2D eigenvalue weighted by Gasteiger charge is -2.35. The van der Waals surface area contributed by atoms with Crippen LogP contribution in [0.4, 0.5) is 0 Å². The zero-order chi connectivity index (χ0) is 18.5. The number of guanidine groups is 1. The summed E-state index contributed by atoms with van der Waals surface area (Å²) in [6, 6.07) is 11.6. The average Bonchev–Trinajstić information content (AvgIpc) is 3.12. The van der Waals surface area contributed by atoms with Gasteiger partial charge < -0.3 is 25.1 Å². The van der Waals surface area contributed by atoms with Crippen molar-refractivity contribution in [1.82, 2.24) is 10.2 Å². The molecule has 1 unspecified atom stereocenters. The molecule has 1 fully saturated rings. The predicted octanol–water partition coefficient (Wildman–Crippen LogP) is 1.84. The van der Waals surface area contributed by atoms with Gasteiger partial charge in [-0.2, -0.15) is 0 Å². The summed E-state index contributed by atoms with van der Waals surface area (Å²) in [7, 11) is 1.75. The second-order valence-corrected chi connectivity index (χ2v) is 6.19. The van der Waals surface area contributed by atoms with Crippen LogP contribution in [0.3, 0.4) is 0 Å². The maximum Gasteiger partial charge on any atom is 0.284 e. The largest absolute Gasteiger partial charge is 0.454 e. The number of furan rings is 1. The quantitative estimate of drug-likeness (QED) is 0.644. The van der Waals surface area contributed by atoms with Crippen molar-refractivity contribution in [3.63, 3.8) is 0 Å². The molecule has 1 aliphatic rings. The van der Waals surface area contributed by atoms with Crippen LogP contribution < -0.4 is 11.1 Å². The van der Waals surface area contributed by atoms with Crippen LogP contribution in [0, 0.1) is 6.92 Å². The Balaban J connectivity index is 1.64. The maximum absolute atomic E-state index is 11.1. The Morgan fingerprint density at radius 2 is 2.15 bits per heavy atom. The summed E-state index contributed by atoms with van der Waals surface area (Å²) in [5.74, 6) is 0.977. The first-order chi connectivity index (χ1) is 12.6. The minimum atomic E-state index is -0.574. The molecule has 0 aliphatic carbocycles. The van der Waals surface area contributed by atoms with Gasteiger partial charge in [0.15, 0.2) is 11.7 Å². The molecule has 1 aromatic carbocycles. The molecule has 1 saturated heterocycles. The number of carbonyl (C=O) groups excluding carboxylic acids is 1. The topological polar surface area (TPSA) is 93.1 Å². The Kier molecular flexibility index (Phi) is 5.58. The van der Waals surface area contributed by atoms with E-state index >= 15 is 0 Å². The number of aryl methyl sites for hydroxylation is 1. The number of amides is 1. The minimum Gasteiger partial charge on any atom is -0.454 e. The number of hydrogen-bond donors (Lipinski definition) is 2. The molecule has 0 saturated carbocycles. The third-order valence-electron chi connectivity index (χ3n) is 4.44. The standard InChI is InChI=1S/C19H24N4O3/c1-13-5-3-4-6-15(13)17-12-23(9-10-25-17)19(21-2)22-11-14-7-8-16(26-14)18(20)24/h3-8,17H,9-12H2,1-2H3,(H2,20,24)(H,21,22). The van der Waals surface area contributed by atoms with E-state index in [4.69, 9.17) is 14.9 Å². The summed E-state index contributed by atoms with van der Waals surface area (Å²) < 4.78 is 11.4. The van der Waals surface area contributed by atoms with E-state index in [1.54, 1.807) is 19.2 Å². The number of ether oxygens (including phenoxy) is 1. The van der Waals surface area contributed by atoms with E-state index in [2.05, 4.69) is 34.3 Å². The monoisotopic (exact) mass is 356 g/mol. The minimum absolute atomic E-state index is 0.00794. The number of nitrogens with zero attached hydrogens (tertiary/aromatic N) is 2. The first kappa shape index (κ1) is 18.0. The van der Waals surface area contributed by atoms with Crippen molar-refractivity contribution < 1.29 is 13.9 Å². The molecule has 1 atom stereocenters. The van der Waals surface area contributed by atoms with Crippen LogP contribution in [0.1, 0.15) is 33.5 Å². The molecule has 0 bridgehead atoms. The third-order valence-corrected chi connectivity index (χ3v) is 4.44. The normalized spacial score (nSPS) is 18.0. The van der Waals surface area contributed by atoms with Crippen molar-refractivity contribution in [1.29, 1.82) is 0 Å². The molecule has 3 rings (SSSR count). The van der Waals surface area contributed by atoms with Crippen LogP contribution in [0.25, 0.3) is 0 Å². The molecule has 7 nitrogen and oxygen atoms in total. The number of benzene rings is 1. The smallest absolute Gasteiger partial charge is 0.284 e. The highest BCUT2D eigenvalue weighted by molar-refractivity contribution is 5.89. The number of nitrogens with one attached hydrogen (secondary N) is 1. The first-order valence-electron chi connectivity index (χ1n) is 8.59. The zero-order valence-corrected chi connectivity index (χ0v) is 15.1. The van der Waals surface area contributed by atoms with Crippen LogP contribution >= 0.6 is 0 Å². The summed E-state index contributed by atoms with van der Waals surface area (Å²) in [6.45, 7) is 4.62. The van der Waals surface area contributed by atoms with Crippen molar-refractivity contribution in [3.8, 4) is 0 Å². The van der Waals surface area contributed by atoms with Crippen LogP contribution in [0.5, 0.6) is 0 Å². The number of hydrogen-bond acceptors (Lipinski definition) is 4. The molecule has 7 heteroatoms. The number of rotatable bonds is 4. The summed E-state index contributed by atoms with van der Waals surface area (Å²) in [5, 5.41) is 3.27. The van der Waals surface area contributed by atoms with Crippen LogP contribution in [0.15, 0.2) is 45.8 Å². The summed E-state index contributed by atoms with van der Waals surface area (Å²) in [6.07, 6.45) is 0.00794. The fourth-order valence-corrected chi connectivity index (χ4v) is 3.08. The van der Waals surface area contributed by atoms with Crippen molar-refractivity contribution in [3.05, 3.63) is 59.0 Å². The summed E-state index contributed by atoms with van der Waals surface area (Å²) >= 11 is 0. The van der Waals surface area contributed by atoms with E-state index in [9.17, 15) is 4.79 Å². The van der Waals surface area contributed by atoms with Crippen molar-refractivity contribution >= 4 is 11.9 Å². The Hall–Kier alpha value is -2.80. The van der Waals surface area contributed by atoms with Gasteiger partial charge in [0.05, 0.1) is 19.7 Å². The van der Waals surface area contributed by atoms with Gasteiger partial charge in [-0.3, -0.25) is 9.79 Å². The third kappa shape index (κ3) is 4.05. The van der Waals surface area contributed by atoms with E-state index < -0.39 is 5.91 Å². The molecule has 26 heavy (non-hydrogen) atoms. The van der Waals surface area contributed by atoms with Gasteiger partial charge in [0, 0.05) is 13.6 Å². The van der Waals surface area contributed by atoms with Gasteiger partial charge in [0.2, 0.25) is 0 Å². The van der Waals surface area contributed by atoms with E-state index in [-0.39, 0.29) is 11.9 Å². The van der Waals surface area contributed by atoms with Crippen LogP contribution in [-0.4, -0.2) is 43.5 Å². The molecule has 138 valence electrons. The molecule has 2 aromatic rings. The number of primary amides is 1. The van der Waals surface area contributed by atoms with Gasteiger partial charge in [-0.05, 0) is 30.2 Å². The predicted molar refractivity (Wildman–Crippen MR) is 98.9 cm³/mol. The van der Waals surface area contributed by atoms with Gasteiger partial charge in [-0.1, -0.05) is 24.3 Å². The highest BCUT2D eigenvalue weighted by Crippen LogP contribution is 2.25. The lowest BCUT2D eigenvalue weighted by atomic mass is 10.0. The second-order valence-electron chi connectivity index (χ2n) is 6.19. The van der Waals surface area contributed by atoms with Gasteiger partial charge in [0.25, 0.3) is 5.91 Å². The molecule has 1 aliphatic heterocycles. The van der Waals surface area contributed by atoms with Crippen LogP contribution in [0.2, 0.25) is 0 Å². The Labute approximate surface area is 152 Å². The first-order valence-corrected chi connectivity index (χ1v) is 8.59. The molecule has 3 N–H and O–H groups in total.